The summed E-state index contributed by atoms with van der Waals surface area (Å²) in [5, 5.41) is 16.7. The smallest absolute Gasteiger partial charge is 0.220 e. The van der Waals surface area contributed by atoms with Crippen LogP contribution in [0.1, 0.15) is 37.2 Å². The third-order valence-electron chi connectivity index (χ3n) is 3.54. The molecule has 5 nitrogen and oxygen atoms in total. The third-order valence-corrected chi connectivity index (χ3v) is 3.54. The molecule has 1 aromatic rings. The second-order valence-electron chi connectivity index (χ2n) is 5.39. The molecule has 0 saturated carbocycles. The Balaban J connectivity index is 2.42. The average molecular weight is 267 g/mol. The molecule has 1 atom stereocenters. The van der Waals surface area contributed by atoms with Crippen LogP contribution in [0.5, 0.6) is 0 Å². The molecular formula is C14H25N3O2. The summed E-state index contributed by atoms with van der Waals surface area (Å²) in [7, 11) is 1.91. The van der Waals surface area contributed by atoms with Gasteiger partial charge in [0.1, 0.15) is 0 Å². The molecule has 1 heterocycles. The maximum absolute atomic E-state index is 11.7. The molecule has 1 amide bonds. The summed E-state index contributed by atoms with van der Waals surface area (Å²) in [5.41, 5.74) is 3.23. The highest BCUT2D eigenvalue weighted by molar-refractivity contribution is 5.76. The SMILES string of the molecule is Cc1nn(C)c(C)c1CCC(=O)NCC(O)C(C)C. The van der Waals surface area contributed by atoms with Crippen LogP contribution < -0.4 is 5.32 Å². The minimum Gasteiger partial charge on any atom is -0.391 e. The van der Waals surface area contributed by atoms with Crippen molar-refractivity contribution in [2.45, 2.75) is 46.6 Å². The van der Waals surface area contributed by atoms with Crippen molar-refractivity contribution in [3.8, 4) is 0 Å². The maximum Gasteiger partial charge on any atom is 0.220 e. The second kappa shape index (κ2) is 6.70. The van der Waals surface area contributed by atoms with Gasteiger partial charge in [-0.1, -0.05) is 13.8 Å². The lowest BCUT2D eigenvalue weighted by molar-refractivity contribution is -0.121. The minimum absolute atomic E-state index is 0.0256. The maximum atomic E-state index is 11.7. The van der Waals surface area contributed by atoms with Gasteiger partial charge in [0.2, 0.25) is 5.91 Å². The Morgan fingerprint density at radius 1 is 1.42 bits per heavy atom. The van der Waals surface area contributed by atoms with E-state index >= 15 is 0 Å². The van der Waals surface area contributed by atoms with E-state index in [4.69, 9.17) is 0 Å². The molecule has 1 aromatic heterocycles. The zero-order valence-electron chi connectivity index (χ0n) is 12.5. The van der Waals surface area contributed by atoms with E-state index in [1.807, 2.05) is 39.4 Å². The van der Waals surface area contributed by atoms with Crippen molar-refractivity contribution in [3.63, 3.8) is 0 Å². The van der Waals surface area contributed by atoms with E-state index in [1.54, 1.807) is 0 Å². The molecule has 0 aromatic carbocycles. The van der Waals surface area contributed by atoms with Crippen molar-refractivity contribution in [2.24, 2.45) is 13.0 Å². The zero-order chi connectivity index (χ0) is 14.6. The van der Waals surface area contributed by atoms with E-state index in [0.29, 0.717) is 19.4 Å². The topological polar surface area (TPSA) is 67.2 Å². The molecule has 0 spiro atoms. The number of aliphatic hydroxyl groups is 1. The third kappa shape index (κ3) is 4.35. The molecule has 2 N–H and O–H groups in total. The van der Waals surface area contributed by atoms with Crippen molar-refractivity contribution in [2.75, 3.05) is 6.54 Å². The lowest BCUT2D eigenvalue weighted by Gasteiger charge is -2.15. The van der Waals surface area contributed by atoms with Crippen LogP contribution in [0.3, 0.4) is 0 Å². The number of rotatable bonds is 6. The lowest BCUT2D eigenvalue weighted by atomic mass is 10.1. The molecule has 0 saturated heterocycles. The Labute approximate surface area is 115 Å². The number of nitrogens with zero attached hydrogens (tertiary/aromatic N) is 2. The van der Waals surface area contributed by atoms with Gasteiger partial charge in [-0.05, 0) is 31.7 Å². The van der Waals surface area contributed by atoms with Crippen LogP contribution in [-0.4, -0.2) is 33.4 Å². The largest absolute Gasteiger partial charge is 0.391 e. The number of amides is 1. The van der Waals surface area contributed by atoms with Crippen LogP contribution in [0.2, 0.25) is 0 Å². The van der Waals surface area contributed by atoms with E-state index in [9.17, 15) is 9.90 Å². The van der Waals surface area contributed by atoms with Crippen molar-refractivity contribution < 1.29 is 9.90 Å². The fraction of sp³-hybridized carbons (Fsp3) is 0.714. The van der Waals surface area contributed by atoms with Gasteiger partial charge < -0.3 is 10.4 Å². The van der Waals surface area contributed by atoms with E-state index < -0.39 is 6.10 Å². The predicted octanol–water partition coefficient (Wildman–Crippen LogP) is 1.10. The van der Waals surface area contributed by atoms with Gasteiger partial charge in [0.15, 0.2) is 0 Å². The standard InChI is InChI=1S/C14H25N3O2/c1-9(2)13(18)8-15-14(19)7-6-12-10(3)16-17(5)11(12)4/h9,13,18H,6-8H2,1-5H3,(H,15,19). The fourth-order valence-electron chi connectivity index (χ4n) is 1.96. The lowest BCUT2D eigenvalue weighted by Crippen LogP contribution is -2.34. The number of aromatic nitrogens is 2. The van der Waals surface area contributed by atoms with Crippen molar-refractivity contribution >= 4 is 5.91 Å². The van der Waals surface area contributed by atoms with Crippen LogP contribution in [0.15, 0.2) is 0 Å². The summed E-state index contributed by atoms with van der Waals surface area (Å²) in [5.74, 6) is 0.130. The molecule has 0 bridgehead atoms. The fourth-order valence-corrected chi connectivity index (χ4v) is 1.96. The number of aliphatic hydroxyl groups excluding tert-OH is 1. The Morgan fingerprint density at radius 2 is 2.05 bits per heavy atom. The van der Waals surface area contributed by atoms with E-state index in [0.717, 1.165) is 17.0 Å². The van der Waals surface area contributed by atoms with E-state index in [-0.39, 0.29) is 11.8 Å². The Bertz CT molecular complexity index is 438. The van der Waals surface area contributed by atoms with Gasteiger partial charge in [-0.3, -0.25) is 9.48 Å². The Hall–Kier alpha value is -1.36. The van der Waals surface area contributed by atoms with Gasteiger partial charge >= 0.3 is 0 Å². The Morgan fingerprint density at radius 3 is 2.53 bits per heavy atom. The normalized spacial score (nSPS) is 12.8. The number of aryl methyl sites for hydroxylation is 2. The highest BCUT2D eigenvalue weighted by Gasteiger charge is 2.13. The van der Waals surface area contributed by atoms with Crippen molar-refractivity contribution in [3.05, 3.63) is 17.0 Å². The molecule has 0 aliphatic rings. The monoisotopic (exact) mass is 267 g/mol. The van der Waals surface area contributed by atoms with Gasteiger partial charge in [0.05, 0.1) is 11.8 Å². The highest BCUT2D eigenvalue weighted by Crippen LogP contribution is 2.13. The van der Waals surface area contributed by atoms with Crippen LogP contribution in [0.25, 0.3) is 0 Å². The first-order valence-corrected chi connectivity index (χ1v) is 6.76. The van der Waals surface area contributed by atoms with Gasteiger partial charge in [-0.2, -0.15) is 5.10 Å². The summed E-state index contributed by atoms with van der Waals surface area (Å²) >= 11 is 0. The number of carbonyl (C=O) groups excluding carboxylic acids is 1. The van der Waals surface area contributed by atoms with Gasteiger partial charge in [-0.15, -0.1) is 0 Å². The number of hydrogen-bond donors (Lipinski definition) is 2. The Kier molecular flexibility index (Phi) is 5.54. The highest BCUT2D eigenvalue weighted by atomic mass is 16.3. The summed E-state index contributed by atoms with van der Waals surface area (Å²) < 4.78 is 1.84. The number of nitrogens with one attached hydrogen (secondary N) is 1. The molecular weight excluding hydrogens is 242 g/mol. The molecule has 0 aliphatic heterocycles. The molecule has 108 valence electrons. The van der Waals surface area contributed by atoms with Crippen LogP contribution >= 0.6 is 0 Å². The summed E-state index contributed by atoms with van der Waals surface area (Å²) in [6.07, 6.45) is 0.638. The number of carbonyl (C=O) groups is 1. The molecule has 19 heavy (non-hydrogen) atoms. The first-order chi connectivity index (χ1) is 8.82. The predicted molar refractivity (Wildman–Crippen MR) is 74.9 cm³/mol. The van der Waals surface area contributed by atoms with E-state index in [2.05, 4.69) is 10.4 Å². The van der Waals surface area contributed by atoms with Crippen LogP contribution in [0.4, 0.5) is 0 Å². The summed E-state index contributed by atoms with van der Waals surface area (Å²) in [4.78, 5) is 11.7. The van der Waals surface area contributed by atoms with Crippen molar-refractivity contribution in [1.29, 1.82) is 0 Å². The first-order valence-electron chi connectivity index (χ1n) is 6.76. The minimum atomic E-state index is -0.481. The summed E-state index contributed by atoms with van der Waals surface area (Å²) in [6.45, 7) is 8.15. The summed E-state index contributed by atoms with van der Waals surface area (Å²) in [6, 6.07) is 0. The second-order valence-corrected chi connectivity index (χ2v) is 5.39. The van der Waals surface area contributed by atoms with Gasteiger partial charge in [0, 0.05) is 25.7 Å². The average Bonchev–Trinajstić information content (AvgIpc) is 2.58. The van der Waals surface area contributed by atoms with Gasteiger partial charge in [0.25, 0.3) is 0 Å². The zero-order valence-corrected chi connectivity index (χ0v) is 12.5. The van der Waals surface area contributed by atoms with Gasteiger partial charge in [-0.25, -0.2) is 0 Å². The molecule has 0 fully saturated rings. The first kappa shape index (κ1) is 15.7. The van der Waals surface area contributed by atoms with E-state index in [1.165, 1.54) is 0 Å². The molecule has 1 rings (SSSR count). The molecule has 0 aliphatic carbocycles. The quantitative estimate of drug-likeness (QED) is 0.811. The van der Waals surface area contributed by atoms with Crippen LogP contribution in [-0.2, 0) is 18.3 Å². The molecule has 0 radical (unpaired) electrons. The number of hydrogen-bond acceptors (Lipinski definition) is 3. The molecule has 1 unspecified atom stereocenters. The van der Waals surface area contributed by atoms with Crippen molar-refractivity contribution in [1.82, 2.24) is 15.1 Å². The van der Waals surface area contributed by atoms with Crippen LogP contribution in [0, 0.1) is 19.8 Å². The molecule has 5 heteroatoms.